The first kappa shape index (κ1) is 23.0. The van der Waals surface area contributed by atoms with E-state index in [1.165, 1.54) is 56.4 Å². The van der Waals surface area contributed by atoms with Crippen molar-refractivity contribution in [2.45, 2.75) is 45.7 Å². The monoisotopic (exact) mass is 415 g/mol. The van der Waals surface area contributed by atoms with Gasteiger partial charge in [-0.05, 0) is 55.8 Å². The van der Waals surface area contributed by atoms with Gasteiger partial charge in [0.15, 0.2) is 5.96 Å². The number of piperidine rings is 1. The Morgan fingerprint density at radius 1 is 1.07 bits per heavy atom. The lowest BCUT2D eigenvalue weighted by atomic mass is 10.0. The molecule has 6 nitrogen and oxygen atoms in total. The van der Waals surface area contributed by atoms with E-state index >= 15 is 0 Å². The summed E-state index contributed by atoms with van der Waals surface area (Å²) < 4.78 is 5.47. The van der Waals surface area contributed by atoms with Gasteiger partial charge in [-0.1, -0.05) is 31.2 Å². The second-order valence-electron chi connectivity index (χ2n) is 8.76. The average molecular weight is 416 g/mol. The summed E-state index contributed by atoms with van der Waals surface area (Å²) in [5.74, 6) is 1.76. The Balaban J connectivity index is 1.36. The molecule has 0 aliphatic carbocycles. The van der Waals surface area contributed by atoms with E-state index in [2.05, 4.69) is 56.6 Å². The van der Waals surface area contributed by atoms with Crippen LogP contribution in [0.3, 0.4) is 0 Å². The summed E-state index contributed by atoms with van der Waals surface area (Å²) in [6.45, 7) is 12.6. The number of rotatable bonds is 9. The minimum atomic E-state index is 0.797. The average Bonchev–Trinajstić information content (AvgIpc) is 2.77. The van der Waals surface area contributed by atoms with E-state index in [0.717, 1.165) is 57.8 Å². The number of hydrogen-bond acceptors (Lipinski definition) is 4. The molecule has 30 heavy (non-hydrogen) atoms. The first-order valence-corrected chi connectivity index (χ1v) is 11.8. The Morgan fingerprint density at radius 2 is 1.87 bits per heavy atom. The zero-order valence-electron chi connectivity index (χ0n) is 19.0. The first-order chi connectivity index (χ1) is 14.7. The fourth-order valence-corrected chi connectivity index (χ4v) is 4.44. The number of likely N-dealkylation sites (tertiary alicyclic amines) is 1. The minimum absolute atomic E-state index is 0.797. The molecular weight excluding hydrogens is 374 g/mol. The minimum Gasteiger partial charge on any atom is -0.379 e. The third-order valence-electron chi connectivity index (χ3n) is 6.22. The molecular formula is C24H41N5O. The van der Waals surface area contributed by atoms with Crippen LogP contribution in [0.5, 0.6) is 0 Å². The van der Waals surface area contributed by atoms with Crippen LogP contribution >= 0.6 is 0 Å². The van der Waals surface area contributed by atoms with E-state index in [1.54, 1.807) is 0 Å². The highest BCUT2D eigenvalue weighted by Gasteiger charge is 2.15. The van der Waals surface area contributed by atoms with Gasteiger partial charge >= 0.3 is 0 Å². The molecule has 168 valence electrons. The predicted molar refractivity (Wildman–Crippen MR) is 125 cm³/mol. The third-order valence-corrected chi connectivity index (χ3v) is 6.22. The fourth-order valence-electron chi connectivity index (χ4n) is 4.44. The zero-order chi connectivity index (χ0) is 21.0. The van der Waals surface area contributed by atoms with Crippen LogP contribution in [0.15, 0.2) is 29.3 Å². The molecule has 6 heteroatoms. The van der Waals surface area contributed by atoms with Crippen LogP contribution in [0.2, 0.25) is 0 Å². The summed E-state index contributed by atoms with van der Waals surface area (Å²) >= 11 is 0. The molecule has 1 aromatic rings. The van der Waals surface area contributed by atoms with Crippen LogP contribution in [-0.2, 0) is 17.8 Å². The van der Waals surface area contributed by atoms with E-state index < -0.39 is 0 Å². The number of nitrogens with zero attached hydrogens (tertiary/aromatic N) is 3. The molecule has 2 heterocycles. The maximum Gasteiger partial charge on any atom is 0.191 e. The molecule has 1 aromatic carbocycles. The van der Waals surface area contributed by atoms with Crippen molar-refractivity contribution in [3.8, 4) is 0 Å². The summed E-state index contributed by atoms with van der Waals surface area (Å²) in [5, 5.41) is 6.98. The summed E-state index contributed by atoms with van der Waals surface area (Å²) in [6, 6.07) is 8.71. The van der Waals surface area contributed by atoms with Crippen molar-refractivity contribution in [1.82, 2.24) is 20.4 Å². The molecule has 2 fully saturated rings. The molecule has 2 saturated heterocycles. The summed E-state index contributed by atoms with van der Waals surface area (Å²) in [5.41, 5.74) is 2.73. The normalized spacial score (nSPS) is 21.5. The van der Waals surface area contributed by atoms with Crippen molar-refractivity contribution >= 4 is 5.96 Å². The van der Waals surface area contributed by atoms with Gasteiger partial charge in [-0.2, -0.15) is 0 Å². The predicted octanol–water partition coefficient (Wildman–Crippen LogP) is 2.70. The Bertz CT molecular complexity index is 644. The lowest BCUT2D eigenvalue weighted by Gasteiger charge is -2.30. The number of ether oxygens (including phenoxy) is 1. The van der Waals surface area contributed by atoms with Crippen LogP contribution in [0.1, 0.15) is 43.7 Å². The van der Waals surface area contributed by atoms with Gasteiger partial charge in [-0.25, -0.2) is 0 Å². The Hall–Kier alpha value is -1.63. The SMILES string of the molecule is CN=C(NCCCCN1CCCC(C)C1)NCc1ccccc1CN1CCOCC1. The van der Waals surface area contributed by atoms with Gasteiger partial charge in [-0.15, -0.1) is 0 Å². The van der Waals surface area contributed by atoms with Gasteiger partial charge in [0.05, 0.1) is 13.2 Å². The number of unbranched alkanes of at least 4 members (excludes halogenated alkanes) is 1. The molecule has 2 aliphatic heterocycles. The number of aliphatic imine (C=N–C) groups is 1. The maximum atomic E-state index is 5.47. The summed E-state index contributed by atoms with van der Waals surface area (Å²) in [7, 11) is 1.85. The number of morpholine rings is 1. The molecule has 0 spiro atoms. The Morgan fingerprint density at radius 3 is 2.63 bits per heavy atom. The Labute approximate surface area is 183 Å². The zero-order valence-corrected chi connectivity index (χ0v) is 19.0. The number of nitrogens with one attached hydrogen (secondary N) is 2. The van der Waals surface area contributed by atoms with E-state index in [1.807, 2.05) is 7.05 Å². The van der Waals surface area contributed by atoms with E-state index in [4.69, 9.17) is 4.74 Å². The van der Waals surface area contributed by atoms with E-state index in [0.29, 0.717) is 0 Å². The second-order valence-corrected chi connectivity index (χ2v) is 8.76. The summed E-state index contributed by atoms with van der Waals surface area (Å²) in [6.07, 6.45) is 5.19. The lowest BCUT2D eigenvalue weighted by molar-refractivity contribution is 0.0341. The second kappa shape index (κ2) is 12.9. The quantitative estimate of drug-likeness (QED) is 0.369. The van der Waals surface area contributed by atoms with E-state index in [-0.39, 0.29) is 0 Å². The van der Waals surface area contributed by atoms with Crippen LogP contribution in [-0.4, -0.2) is 75.3 Å². The van der Waals surface area contributed by atoms with Gasteiger partial charge in [0.25, 0.3) is 0 Å². The van der Waals surface area contributed by atoms with Gasteiger partial charge in [0.2, 0.25) is 0 Å². The van der Waals surface area contributed by atoms with Crippen LogP contribution in [0, 0.1) is 5.92 Å². The van der Waals surface area contributed by atoms with Crippen molar-refractivity contribution < 1.29 is 4.74 Å². The topological polar surface area (TPSA) is 52.1 Å². The summed E-state index contributed by atoms with van der Waals surface area (Å²) in [4.78, 5) is 9.51. The van der Waals surface area contributed by atoms with Gasteiger partial charge in [0.1, 0.15) is 0 Å². The molecule has 0 aromatic heterocycles. The third kappa shape index (κ3) is 7.89. The van der Waals surface area contributed by atoms with E-state index in [9.17, 15) is 0 Å². The number of guanidine groups is 1. The first-order valence-electron chi connectivity index (χ1n) is 11.8. The molecule has 0 saturated carbocycles. The Kier molecular flexibility index (Phi) is 9.93. The molecule has 1 atom stereocenters. The molecule has 3 rings (SSSR count). The highest BCUT2D eigenvalue weighted by molar-refractivity contribution is 5.79. The van der Waals surface area contributed by atoms with Crippen molar-refractivity contribution in [3.05, 3.63) is 35.4 Å². The van der Waals surface area contributed by atoms with Crippen molar-refractivity contribution in [2.24, 2.45) is 10.9 Å². The highest BCUT2D eigenvalue weighted by atomic mass is 16.5. The van der Waals surface area contributed by atoms with Crippen molar-refractivity contribution in [2.75, 3.05) is 59.5 Å². The van der Waals surface area contributed by atoms with Crippen LogP contribution < -0.4 is 10.6 Å². The molecule has 0 radical (unpaired) electrons. The number of hydrogen-bond donors (Lipinski definition) is 2. The molecule has 1 unspecified atom stereocenters. The highest BCUT2D eigenvalue weighted by Crippen LogP contribution is 2.15. The molecule has 0 bridgehead atoms. The van der Waals surface area contributed by atoms with Crippen LogP contribution in [0.25, 0.3) is 0 Å². The lowest BCUT2D eigenvalue weighted by Crippen LogP contribution is -2.38. The largest absolute Gasteiger partial charge is 0.379 e. The van der Waals surface area contributed by atoms with Gasteiger partial charge < -0.3 is 20.3 Å². The van der Waals surface area contributed by atoms with Gasteiger partial charge in [-0.3, -0.25) is 9.89 Å². The molecule has 2 N–H and O–H groups in total. The smallest absolute Gasteiger partial charge is 0.191 e. The molecule has 0 amide bonds. The fraction of sp³-hybridized carbons (Fsp3) is 0.708. The van der Waals surface area contributed by atoms with Gasteiger partial charge in [0, 0.05) is 46.3 Å². The standard InChI is InChI=1S/C24H41N5O/c1-21-8-7-13-28(19-21)12-6-5-11-26-24(25-2)27-18-22-9-3-4-10-23(22)20-29-14-16-30-17-15-29/h3-4,9-10,21H,5-8,11-20H2,1-2H3,(H2,25,26,27). The van der Waals surface area contributed by atoms with Crippen LogP contribution in [0.4, 0.5) is 0 Å². The van der Waals surface area contributed by atoms with Crippen molar-refractivity contribution in [1.29, 1.82) is 0 Å². The van der Waals surface area contributed by atoms with Crippen molar-refractivity contribution in [3.63, 3.8) is 0 Å². The molecule has 2 aliphatic rings. The number of benzene rings is 1. The maximum absolute atomic E-state index is 5.47.